The number of rotatable bonds is 5. The molecular weight excluding hydrogens is 529 g/mol. The van der Waals surface area contributed by atoms with E-state index in [0.717, 1.165) is 31.1 Å². The average Bonchev–Trinajstić information content (AvgIpc) is 2.74. The van der Waals surface area contributed by atoms with E-state index in [2.05, 4.69) is 22.3 Å². The summed E-state index contributed by atoms with van der Waals surface area (Å²) in [6, 6.07) is 8.26. The Morgan fingerprint density at radius 1 is 1.23 bits per heavy atom. The Labute approximate surface area is 203 Å². The molecule has 3 rings (SSSR count). The van der Waals surface area contributed by atoms with E-state index in [9.17, 15) is 8.42 Å². The molecule has 0 aromatic heterocycles. The van der Waals surface area contributed by atoms with Gasteiger partial charge < -0.3 is 19.7 Å². The minimum Gasteiger partial charge on any atom is -0.497 e. The van der Waals surface area contributed by atoms with Crippen molar-refractivity contribution in [3.05, 3.63) is 29.8 Å². The topological polar surface area (TPSA) is 80.2 Å². The molecule has 2 heterocycles. The second kappa shape index (κ2) is 10.7. The Bertz CT molecular complexity index is 850. The predicted octanol–water partition coefficient (Wildman–Crippen LogP) is 2.84. The number of benzene rings is 1. The monoisotopic (exact) mass is 565 g/mol. The Kier molecular flexibility index (Phi) is 9.04. The van der Waals surface area contributed by atoms with Crippen LogP contribution in [0.2, 0.25) is 0 Å². The molecule has 0 aliphatic carbocycles. The molecule has 0 saturated carbocycles. The van der Waals surface area contributed by atoms with E-state index in [1.165, 1.54) is 5.56 Å². The van der Waals surface area contributed by atoms with Crippen molar-refractivity contribution >= 4 is 39.8 Å². The highest BCUT2D eigenvalue weighted by molar-refractivity contribution is 14.0. The normalized spacial score (nSPS) is 22.3. The fourth-order valence-electron chi connectivity index (χ4n) is 4.22. The number of halogens is 1. The van der Waals surface area contributed by atoms with Crippen LogP contribution in [0.1, 0.15) is 39.2 Å². The summed E-state index contributed by atoms with van der Waals surface area (Å²) in [5.41, 5.74) is 1.15. The largest absolute Gasteiger partial charge is 0.497 e. The third-order valence-corrected chi connectivity index (χ3v) is 8.89. The van der Waals surface area contributed by atoms with Crippen LogP contribution in [0.4, 0.5) is 0 Å². The van der Waals surface area contributed by atoms with Crippen LogP contribution in [0.3, 0.4) is 0 Å². The van der Waals surface area contributed by atoms with Gasteiger partial charge in [0, 0.05) is 38.3 Å². The van der Waals surface area contributed by atoms with Gasteiger partial charge >= 0.3 is 0 Å². The Morgan fingerprint density at radius 3 is 2.42 bits per heavy atom. The molecular formula is C22H36IN3O4S. The SMILES string of the molecule is CCNC(=NCC1(c2ccc(OC)cc2)CCOCC1)N1CCS(=O)(=O)C(C)(C)C1.I. The van der Waals surface area contributed by atoms with Crippen molar-refractivity contribution in [1.29, 1.82) is 0 Å². The molecule has 9 heteroatoms. The van der Waals surface area contributed by atoms with E-state index in [-0.39, 0.29) is 35.1 Å². The number of hydrogen-bond donors (Lipinski definition) is 1. The summed E-state index contributed by atoms with van der Waals surface area (Å²) < 4.78 is 35.0. The van der Waals surface area contributed by atoms with Gasteiger partial charge in [-0.05, 0) is 51.3 Å². The number of nitrogens with zero attached hydrogens (tertiary/aromatic N) is 2. The first-order valence-corrected chi connectivity index (χ1v) is 12.4. The maximum Gasteiger partial charge on any atom is 0.194 e. The molecule has 1 N–H and O–H groups in total. The minimum atomic E-state index is -3.09. The molecule has 0 bridgehead atoms. The van der Waals surface area contributed by atoms with Gasteiger partial charge in [0.05, 0.1) is 24.2 Å². The fraction of sp³-hybridized carbons (Fsp3) is 0.682. The Morgan fingerprint density at radius 2 is 1.87 bits per heavy atom. The van der Waals surface area contributed by atoms with Gasteiger partial charge in [-0.3, -0.25) is 4.99 Å². The number of aliphatic imine (C=N–C) groups is 1. The zero-order valence-electron chi connectivity index (χ0n) is 19.0. The molecule has 0 atom stereocenters. The Hall–Kier alpha value is -1.07. The fourth-order valence-corrected chi connectivity index (χ4v) is 5.59. The van der Waals surface area contributed by atoms with Gasteiger partial charge in [-0.25, -0.2) is 8.42 Å². The van der Waals surface area contributed by atoms with Crippen LogP contribution in [0.15, 0.2) is 29.3 Å². The highest BCUT2D eigenvalue weighted by atomic mass is 127. The van der Waals surface area contributed by atoms with Crippen LogP contribution < -0.4 is 10.1 Å². The number of guanidine groups is 1. The van der Waals surface area contributed by atoms with Gasteiger partial charge in [-0.1, -0.05) is 12.1 Å². The molecule has 31 heavy (non-hydrogen) atoms. The highest BCUT2D eigenvalue weighted by Gasteiger charge is 2.41. The summed E-state index contributed by atoms with van der Waals surface area (Å²) in [4.78, 5) is 7.10. The van der Waals surface area contributed by atoms with Gasteiger partial charge in [0.25, 0.3) is 0 Å². The van der Waals surface area contributed by atoms with Crippen LogP contribution in [0, 0.1) is 0 Å². The second-order valence-corrected chi connectivity index (χ2v) is 11.5. The molecule has 1 aromatic rings. The van der Waals surface area contributed by atoms with Gasteiger partial charge in [0.1, 0.15) is 5.75 Å². The van der Waals surface area contributed by atoms with Crippen molar-refractivity contribution in [1.82, 2.24) is 10.2 Å². The average molecular weight is 566 g/mol. The maximum absolute atomic E-state index is 12.4. The first kappa shape index (κ1) is 26.2. The number of hydrogen-bond acceptors (Lipinski definition) is 5. The van der Waals surface area contributed by atoms with Gasteiger partial charge in [0.2, 0.25) is 0 Å². The molecule has 2 saturated heterocycles. The number of ether oxygens (including phenoxy) is 2. The summed E-state index contributed by atoms with van der Waals surface area (Å²) in [5.74, 6) is 1.79. The van der Waals surface area contributed by atoms with Crippen molar-refractivity contribution in [3.8, 4) is 5.75 Å². The van der Waals surface area contributed by atoms with Crippen molar-refractivity contribution in [2.24, 2.45) is 4.99 Å². The number of methoxy groups -OCH3 is 1. The molecule has 0 unspecified atom stereocenters. The van der Waals surface area contributed by atoms with E-state index >= 15 is 0 Å². The van der Waals surface area contributed by atoms with Gasteiger partial charge in [0.15, 0.2) is 15.8 Å². The number of nitrogens with one attached hydrogen (secondary N) is 1. The molecule has 176 valence electrons. The zero-order valence-corrected chi connectivity index (χ0v) is 22.2. The molecule has 0 radical (unpaired) electrons. The van der Waals surface area contributed by atoms with Crippen LogP contribution >= 0.6 is 24.0 Å². The molecule has 0 spiro atoms. The zero-order chi connectivity index (χ0) is 21.8. The van der Waals surface area contributed by atoms with Crippen LogP contribution in [0.5, 0.6) is 5.75 Å². The lowest BCUT2D eigenvalue weighted by atomic mass is 9.74. The van der Waals surface area contributed by atoms with Crippen LogP contribution in [0.25, 0.3) is 0 Å². The summed E-state index contributed by atoms with van der Waals surface area (Å²) in [6.45, 7) is 9.35. The molecule has 2 fully saturated rings. The standard InChI is InChI=1S/C22H35N3O4S.HI/c1-5-23-20(25-12-15-30(26,27)21(2,3)17-25)24-16-22(10-13-29-14-11-22)18-6-8-19(28-4)9-7-18;/h6-9H,5,10-17H2,1-4H3,(H,23,24);1H. The van der Waals surface area contributed by atoms with Crippen molar-refractivity contribution < 1.29 is 17.9 Å². The number of sulfone groups is 1. The molecule has 2 aliphatic rings. The minimum absolute atomic E-state index is 0. The summed E-state index contributed by atoms with van der Waals surface area (Å²) in [7, 11) is -1.42. The van der Waals surface area contributed by atoms with E-state index in [4.69, 9.17) is 14.5 Å². The predicted molar refractivity (Wildman–Crippen MR) is 136 cm³/mol. The molecule has 1 aromatic carbocycles. The van der Waals surface area contributed by atoms with Crippen molar-refractivity contribution in [2.45, 2.75) is 43.8 Å². The van der Waals surface area contributed by atoms with Gasteiger partial charge in [-0.15, -0.1) is 24.0 Å². The second-order valence-electron chi connectivity index (χ2n) is 8.79. The first-order chi connectivity index (χ1) is 14.2. The van der Waals surface area contributed by atoms with Crippen LogP contribution in [-0.4, -0.2) is 76.3 Å². The highest BCUT2D eigenvalue weighted by Crippen LogP contribution is 2.36. The smallest absolute Gasteiger partial charge is 0.194 e. The lowest BCUT2D eigenvalue weighted by Crippen LogP contribution is -2.57. The third kappa shape index (κ3) is 5.84. The maximum atomic E-state index is 12.4. The summed E-state index contributed by atoms with van der Waals surface area (Å²) >= 11 is 0. The summed E-state index contributed by atoms with van der Waals surface area (Å²) in [5, 5.41) is 3.37. The molecule has 2 aliphatic heterocycles. The summed E-state index contributed by atoms with van der Waals surface area (Å²) in [6.07, 6.45) is 1.81. The van der Waals surface area contributed by atoms with E-state index in [1.54, 1.807) is 21.0 Å². The molecule has 7 nitrogen and oxygen atoms in total. The van der Waals surface area contributed by atoms with E-state index in [0.29, 0.717) is 32.8 Å². The third-order valence-electron chi connectivity index (χ3n) is 6.36. The Balaban J connectivity index is 0.00000341. The van der Waals surface area contributed by atoms with Gasteiger partial charge in [-0.2, -0.15) is 0 Å². The molecule has 0 amide bonds. The lowest BCUT2D eigenvalue weighted by Gasteiger charge is -2.40. The van der Waals surface area contributed by atoms with Crippen LogP contribution in [-0.2, 0) is 20.0 Å². The quantitative estimate of drug-likeness (QED) is 0.336. The first-order valence-electron chi connectivity index (χ1n) is 10.7. The van der Waals surface area contributed by atoms with Crippen molar-refractivity contribution in [2.75, 3.05) is 52.3 Å². The van der Waals surface area contributed by atoms with E-state index < -0.39 is 14.6 Å². The lowest BCUT2D eigenvalue weighted by molar-refractivity contribution is 0.0530. The van der Waals surface area contributed by atoms with Crippen molar-refractivity contribution in [3.63, 3.8) is 0 Å². The van der Waals surface area contributed by atoms with E-state index in [1.807, 2.05) is 19.1 Å².